The molecule has 0 radical (unpaired) electrons. The van der Waals surface area contributed by atoms with E-state index in [9.17, 15) is 23.3 Å². The molecule has 2 rings (SSSR count). The van der Waals surface area contributed by atoms with Gasteiger partial charge in [0.1, 0.15) is 23.7 Å². The highest BCUT2D eigenvalue weighted by Gasteiger charge is 2.27. The normalized spacial score (nSPS) is 12.2. The number of nitrogens with zero attached hydrogens (tertiary/aromatic N) is 2. The van der Waals surface area contributed by atoms with Crippen LogP contribution in [0.2, 0.25) is 0 Å². The first-order chi connectivity index (χ1) is 15.5. The Balaban J connectivity index is 2.36. The average molecular weight is 480 g/mol. The molecule has 0 heterocycles. The Bertz CT molecular complexity index is 1090. The Morgan fingerprint density at radius 1 is 1.12 bits per heavy atom. The van der Waals surface area contributed by atoms with Crippen LogP contribution in [0.15, 0.2) is 42.5 Å². The van der Waals surface area contributed by atoms with Gasteiger partial charge in [-0.05, 0) is 36.1 Å². The number of rotatable bonds is 11. The number of nitro benzene ring substituents is 1. The van der Waals surface area contributed by atoms with E-state index < -0.39 is 27.4 Å². The quantitative estimate of drug-likeness (QED) is 0.387. The van der Waals surface area contributed by atoms with Crippen LogP contribution < -0.4 is 19.1 Å². The van der Waals surface area contributed by atoms with Gasteiger partial charge in [0.05, 0.1) is 31.4 Å². The molecule has 0 saturated heterocycles. The molecule has 33 heavy (non-hydrogen) atoms. The van der Waals surface area contributed by atoms with Crippen molar-refractivity contribution in [2.75, 3.05) is 31.3 Å². The van der Waals surface area contributed by atoms with Crippen molar-refractivity contribution in [3.05, 3.63) is 58.1 Å². The van der Waals surface area contributed by atoms with E-state index in [4.69, 9.17) is 9.47 Å². The second-order valence-corrected chi connectivity index (χ2v) is 9.81. The maximum absolute atomic E-state index is 13.0. The first-order valence-corrected chi connectivity index (χ1v) is 12.0. The van der Waals surface area contributed by atoms with Crippen molar-refractivity contribution in [1.29, 1.82) is 0 Å². The summed E-state index contributed by atoms with van der Waals surface area (Å²) in [6.07, 6.45) is 1.55. The Labute approximate surface area is 193 Å². The largest absolute Gasteiger partial charge is 0.497 e. The molecule has 0 aliphatic rings. The minimum absolute atomic E-state index is 0.0887. The molecule has 11 heteroatoms. The minimum Gasteiger partial charge on any atom is -0.497 e. The molecule has 0 aromatic heterocycles. The van der Waals surface area contributed by atoms with Crippen LogP contribution in [0.1, 0.15) is 31.9 Å². The molecule has 1 atom stereocenters. The number of carbonyl (C=O) groups is 1. The number of nitrogens with one attached hydrogen (secondary N) is 1. The van der Waals surface area contributed by atoms with Crippen molar-refractivity contribution < 1.29 is 27.6 Å². The number of non-ortho nitro benzene ring substituents is 1. The summed E-state index contributed by atoms with van der Waals surface area (Å²) in [4.78, 5) is 23.5. The number of nitro groups is 1. The van der Waals surface area contributed by atoms with Crippen LogP contribution in [0.25, 0.3) is 0 Å². The summed E-state index contributed by atoms with van der Waals surface area (Å²) < 4.78 is 36.2. The zero-order valence-electron chi connectivity index (χ0n) is 19.3. The summed E-state index contributed by atoms with van der Waals surface area (Å²) in [6, 6.07) is 10.4. The van der Waals surface area contributed by atoms with Crippen LogP contribution in [0.3, 0.4) is 0 Å². The predicted octanol–water partition coefficient (Wildman–Crippen LogP) is 3.28. The molecule has 0 saturated carbocycles. The number of methoxy groups -OCH3 is 2. The number of carbonyl (C=O) groups excluding carboxylic acids is 1. The van der Waals surface area contributed by atoms with Crippen molar-refractivity contribution in [3.63, 3.8) is 0 Å². The van der Waals surface area contributed by atoms with Gasteiger partial charge in [-0.3, -0.25) is 19.2 Å². The van der Waals surface area contributed by atoms with Crippen LogP contribution in [-0.4, -0.2) is 46.3 Å². The average Bonchev–Trinajstić information content (AvgIpc) is 2.75. The summed E-state index contributed by atoms with van der Waals surface area (Å²) in [5.74, 6) is 0.456. The zero-order valence-corrected chi connectivity index (χ0v) is 20.1. The van der Waals surface area contributed by atoms with Crippen LogP contribution in [0, 0.1) is 16.0 Å². The molecule has 1 amide bonds. The lowest BCUT2D eigenvalue weighted by Crippen LogP contribution is -2.42. The van der Waals surface area contributed by atoms with Crippen LogP contribution >= 0.6 is 0 Å². The monoisotopic (exact) mass is 479 g/mol. The summed E-state index contributed by atoms with van der Waals surface area (Å²) in [7, 11) is -1.09. The van der Waals surface area contributed by atoms with Gasteiger partial charge in [-0.1, -0.05) is 26.0 Å². The topological polar surface area (TPSA) is 128 Å². The third-order valence-electron chi connectivity index (χ3n) is 4.89. The highest BCUT2D eigenvalue weighted by Crippen LogP contribution is 2.33. The summed E-state index contributed by atoms with van der Waals surface area (Å²) in [6.45, 7) is 3.46. The van der Waals surface area contributed by atoms with Crippen molar-refractivity contribution >= 4 is 27.3 Å². The van der Waals surface area contributed by atoms with Crippen molar-refractivity contribution in [2.24, 2.45) is 5.92 Å². The number of anilines is 1. The van der Waals surface area contributed by atoms with E-state index in [1.54, 1.807) is 19.2 Å². The van der Waals surface area contributed by atoms with E-state index >= 15 is 0 Å². The molecule has 180 valence electrons. The smallest absolute Gasteiger partial charge is 0.271 e. The molecule has 0 fully saturated rings. The Morgan fingerprint density at radius 2 is 1.76 bits per heavy atom. The van der Waals surface area contributed by atoms with Gasteiger partial charge in [-0.25, -0.2) is 8.42 Å². The first-order valence-electron chi connectivity index (χ1n) is 10.2. The molecule has 0 spiro atoms. The van der Waals surface area contributed by atoms with Gasteiger partial charge in [0, 0.05) is 12.1 Å². The lowest BCUT2D eigenvalue weighted by atomic mass is 9.97. The maximum Gasteiger partial charge on any atom is 0.271 e. The maximum atomic E-state index is 13.0. The van der Waals surface area contributed by atoms with E-state index in [0.717, 1.165) is 22.2 Å². The fourth-order valence-electron chi connectivity index (χ4n) is 3.32. The van der Waals surface area contributed by atoms with Gasteiger partial charge in [0.25, 0.3) is 5.69 Å². The standard InChI is InChI=1S/C22H29N3O7S/c1-15(2)12-19(16-6-9-18(31-3)10-7-16)23-22(26)14-24(33(5,29)30)20-13-17(25(27)28)8-11-21(20)32-4/h6-11,13,15,19H,12,14H2,1-5H3,(H,23,26)/t19-/m1/s1. The van der Waals surface area contributed by atoms with E-state index in [1.807, 2.05) is 26.0 Å². The van der Waals surface area contributed by atoms with Gasteiger partial charge in [0.15, 0.2) is 0 Å². The third kappa shape index (κ3) is 7.07. The fourth-order valence-corrected chi connectivity index (χ4v) is 4.18. The van der Waals surface area contributed by atoms with Gasteiger partial charge in [-0.15, -0.1) is 0 Å². The molecule has 1 N–H and O–H groups in total. The van der Waals surface area contributed by atoms with Gasteiger partial charge in [0.2, 0.25) is 15.9 Å². The molecular weight excluding hydrogens is 450 g/mol. The highest BCUT2D eigenvalue weighted by molar-refractivity contribution is 7.92. The van der Waals surface area contributed by atoms with Gasteiger partial charge >= 0.3 is 0 Å². The Morgan fingerprint density at radius 3 is 2.24 bits per heavy atom. The molecule has 0 aliphatic carbocycles. The number of benzene rings is 2. The third-order valence-corrected chi connectivity index (χ3v) is 6.02. The van der Waals surface area contributed by atoms with E-state index in [1.165, 1.54) is 19.2 Å². The zero-order chi connectivity index (χ0) is 24.8. The number of sulfonamides is 1. The second kappa shape index (κ2) is 11.0. The lowest BCUT2D eigenvalue weighted by Gasteiger charge is -2.26. The number of amides is 1. The SMILES string of the molecule is COc1ccc([C@@H](CC(C)C)NC(=O)CN(c2cc([N+](=O)[O-])ccc2OC)S(C)(=O)=O)cc1. The molecule has 2 aromatic rings. The summed E-state index contributed by atoms with van der Waals surface area (Å²) >= 11 is 0. The first kappa shape index (κ1) is 25.9. The lowest BCUT2D eigenvalue weighted by molar-refractivity contribution is -0.384. The summed E-state index contributed by atoms with van der Waals surface area (Å²) in [5.41, 5.74) is 0.432. The Kier molecular flexibility index (Phi) is 8.63. The van der Waals surface area contributed by atoms with Gasteiger partial charge < -0.3 is 14.8 Å². The van der Waals surface area contributed by atoms with Crippen LogP contribution in [0.4, 0.5) is 11.4 Å². The molecule has 2 aromatic carbocycles. The molecule has 0 bridgehead atoms. The van der Waals surface area contributed by atoms with Crippen LogP contribution in [0.5, 0.6) is 11.5 Å². The second-order valence-electron chi connectivity index (χ2n) is 7.91. The van der Waals surface area contributed by atoms with E-state index in [2.05, 4.69) is 5.32 Å². The van der Waals surface area contributed by atoms with Crippen molar-refractivity contribution in [1.82, 2.24) is 5.32 Å². The van der Waals surface area contributed by atoms with Crippen molar-refractivity contribution in [2.45, 2.75) is 26.3 Å². The number of hydrogen-bond donors (Lipinski definition) is 1. The van der Waals surface area contributed by atoms with Gasteiger partial charge in [-0.2, -0.15) is 0 Å². The summed E-state index contributed by atoms with van der Waals surface area (Å²) in [5, 5.41) is 14.1. The molecular formula is C22H29N3O7S. The van der Waals surface area contributed by atoms with Crippen LogP contribution in [-0.2, 0) is 14.8 Å². The molecule has 0 unspecified atom stereocenters. The number of hydrogen-bond acceptors (Lipinski definition) is 7. The highest BCUT2D eigenvalue weighted by atomic mass is 32.2. The molecule has 10 nitrogen and oxygen atoms in total. The molecule has 0 aliphatic heterocycles. The minimum atomic E-state index is -3.97. The van der Waals surface area contributed by atoms with E-state index in [0.29, 0.717) is 12.2 Å². The predicted molar refractivity (Wildman–Crippen MR) is 125 cm³/mol. The number of ether oxygens (including phenoxy) is 2. The fraction of sp³-hybridized carbons (Fsp3) is 0.409. The van der Waals surface area contributed by atoms with Crippen molar-refractivity contribution in [3.8, 4) is 11.5 Å². The Hall–Kier alpha value is -3.34. The van der Waals surface area contributed by atoms with E-state index in [-0.39, 0.29) is 29.1 Å².